The molecule has 1 aliphatic heterocycles. The molecule has 1 saturated heterocycles. The van der Waals surface area contributed by atoms with E-state index in [0.29, 0.717) is 11.5 Å². The molecule has 27 heavy (non-hydrogen) atoms. The Morgan fingerprint density at radius 1 is 1.26 bits per heavy atom. The maximum Gasteiger partial charge on any atom is 0.255 e. The van der Waals surface area contributed by atoms with Gasteiger partial charge in [-0.25, -0.2) is 9.97 Å². The molecule has 0 saturated carbocycles. The smallest absolute Gasteiger partial charge is 0.255 e. The van der Waals surface area contributed by atoms with E-state index in [0.717, 1.165) is 55.3 Å². The van der Waals surface area contributed by atoms with Gasteiger partial charge in [-0.1, -0.05) is 0 Å². The summed E-state index contributed by atoms with van der Waals surface area (Å²) in [4.78, 5) is 35.2. The zero-order chi connectivity index (χ0) is 18.6. The summed E-state index contributed by atoms with van der Waals surface area (Å²) in [6.07, 6.45) is 11.5. The number of rotatable bonds is 4. The summed E-state index contributed by atoms with van der Waals surface area (Å²) in [5, 5.41) is 0. The van der Waals surface area contributed by atoms with E-state index in [4.69, 9.17) is 0 Å². The van der Waals surface area contributed by atoms with E-state index < -0.39 is 0 Å². The minimum absolute atomic E-state index is 0.0580. The second kappa shape index (κ2) is 7.65. The van der Waals surface area contributed by atoms with Crippen LogP contribution in [0, 0.1) is 12.8 Å². The van der Waals surface area contributed by atoms with Crippen molar-refractivity contribution in [2.45, 2.75) is 26.2 Å². The maximum absolute atomic E-state index is 12.8. The van der Waals surface area contributed by atoms with Gasteiger partial charge in [0.2, 0.25) is 0 Å². The number of carbonyl (C=O) groups is 1. The third kappa shape index (κ3) is 4.02. The van der Waals surface area contributed by atoms with Gasteiger partial charge in [-0.3, -0.25) is 14.8 Å². The molecule has 0 bridgehead atoms. The molecule has 1 fully saturated rings. The quantitative estimate of drug-likeness (QED) is 0.771. The summed E-state index contributed by atoms with van der Waals surface area (Å²) in [5.41, 5.74) is 3.24. The van der Waals surface area contributed by atoms with Crippen molar-refractivity contribution in [1.82, 2.24) is 29.8 Å². The van der Waals surface area contributed by atoms with Crippen LogP contribution in [0.3, 0.4) is 0 Å². The van der Waals surface area contributed by atoms with Gasteiger partial charge in [-0.2, -0.15) is 0 Å². The van der Waals surface area contributed by atoms with Crippen molar-refractivity contribution in [2.75, 3.05) is 13.1 Å². The minimum atomic E-state index is 0.0580. The number of hydrogen-bond donors (Lipinski definition) is 1. The van der Waals surface area contributed by atoms with Crippen LogP contribution in [0.4, 0.5) is 0 Å². The average Bonchev–Trinajstić information content (AvgIpc) is 3.23. The molecular formula is C20H22N6O. The number of nitrogens with zero attached hydrogens (tertiary/aromatic N) is 5. The third-order valence-electron chi connectivity index (χ3n) is 4.89. The van der Waals surface area contributed by atoms with Gasteiger partial charge in [-0.05, 0) is 44.2 Å². The standard InChI is InChI=1S/C20H22N6O/c1-14-4-5-16(10-24-14)20(27)26-8-2-3-15(13-26)9-17-11-21-12-18(25-17)19-22-6-7-23-19/h4-7,10-12,15H,2-3,8-9,13H2,1H3,(H,22,23)/t15-/m1/s1. The lowest BCUT2D eigenvalue weighted by molar-refractivity contribution is 0.0672. The van der Waals surface area contributed by atoms with Crippen LogP contribution in [0.1, 0.15) is 34.6 Å². The molecule has 1 amide bonds. The van der Waals surface area contributed by atoms with E-state index in [2.05, 4.69) is 24.9 Å². The molecule has 4 rings (SSSR count). The maximum atomic E-state index is 12.8. The fourth-order valence-electron chi connectivity index (χ4n) is 3.51. The Hall–Kier alpha value is -3.09. The first-order valence-electron chi connectivity index (χ1n) is 9.21. The van der Waals surface area contributed by atoms with Crippen molar-refractivity contribution in [2.24, 2.45) is 5.92 Å². The summed E-state index contributed by atoms with van der Waals surface area (Å²) >= 11 is 0. The number of amides is 1. The number of piperidine rings is 1. The second-order valence-electron chi connectivity index (χ2n) is 6.99. The highest BCUT2D eigenvalue weighted by atomic mass is 16.2. The Kier molecular flexibility index (Phi) is 4.91. The molecular weight excluding hydrogens is 340 g/mol. The Labute approximate surface area is 157 Å². The van der Waals surface area contributed by atoms with Gasteiger partial charge in [0.15, 0.2) is 5.82 Å². The van der Waals surface area contributed by atoms with Crippen molar-refractivity contribution in [3.63, 3.8) is 0 Å². The second-order valence-corrected chi connectivity index (χ2v) is 6.99. The number of likely N-dealkylation sites (tertiary alicyclic amines) is 1. The average molecular weight is 362 g/mol. The fourth-order valence-corrected chi connectivity index (χ4v) is 3.51. The largest absolute Gasteiger partial charge is 0.343 e. The first-order chi connectivity index (χ1) is 13.2. The topological polar surface area (TPSA) is 87.7 Å². The van der Waals surface area contributed by atoms with Crippen molar-refractivity contribution in [1.29, 1.82) is 0 Å². The number of imidazole rings is 1. The van der Waals surface area contributed by atoms with Crippen LogP contribution in [0.15, 0.2) is 43.1 Å². The zero-order valence-corrected chi connectivity index (χ0v) is 15.3. The summed E-state index contributed by atoms with van der Waals surface area (Å²) in [6.45, 7) is 3.45. The molecule has 0 radical (unpaired) electrons. The molecule has 138 valence electrons. The fraction of sp³-hybridized carbons (Fsp3) is 0.350. The first-order valence-corrected chi connectivity index (χ1v) is 9.21. The van der Waals surface area contributed by atoms with E-state index in [1.165, 1.54) is 0 Å². The Bertz CT molecular complexity index is 906. The highest BCUT2D eigenvalue weighted by molar-refractivity contribution is 5.94. The molecule has 0 aromatic carbocycles. The SMILES string of the molecule is Cc1ccc(C(=O)N2CCC[C@H](Cc3cncc(-c4ncc[nH]4)n3)C2)cn1. The number of aromatic amines is 1. The predicted molar refractivity (Wildman–Crippen MR) is 101 cm³/mol. The number of H-pyrrole nitrogens is 1. The van der Waals surface area contributed by atoms with Gasteiger partial charge in [0.25, 0.3) is 5.91 Å². The minimum Gasteiger partial charge on any atom is -0.343 e. The molecule has 4 heterocycles. The molecule has 0 spiro atoms. The molecule has 3 aromatic rings. The molecule has 0 unspecified atom stereocenters. The molecule has 7 heteroatoms. The van der Waals surface area contributed by atoms with Crippen LogP contribution in [0.5, 0.6) is 0 Å². The number of aromatic nitrogens is 5. The van der Waals surface area contributed by atoms with E-state index in [-0.39, 0.29) is 5.91 Å². The van der Waals surface area contributed by atoms with E-state index in [9.17, 15) is 4.79 Å². The molecule has 1 atom stereocenters. The normalized spacial score (nSPS) is 17.1. The lowest BCUT2D eigenvalue weighted by atomic mass is 9.93. The summed E-state index contributed by atoms with van der Waals surface area (Å²) in [5.74, 6) is 1.15. The lowest BCUT2D eigenvalue weighted by Crippen LogP contribution is -2.40. The summed E-state index contributed by atoms with van der Waals surface area (Å²) < 4.78 is 0. The van der Waals surface area contributed by atoms with Gasteiger partial charge in [-0.15, -0.1) is 0 Å². The predicted octanol–water partition coefficient (Wildman–Crippen LogP) is 2.67. The van der Waals surface area contributed by atoms with Crippen LogP contribution < -0.4 is 0 Å². The highest BCUT2D eigenvalue weighted by Crippen LogP contribution is 2.22. The third-order valence-corrected chi connectivity index (χ3v) is 4.89. The highest BCUT2D eigenvalue weighted by Gasteiger charge is 2.25. The van der Waals surface area contributed by atoms with Gasteiger partial charge in [0, 0.05) is 43.6 Å². The number of pyridine rings is 1. The van der Waals surface area contributed by atoms with Crippen LogP contribution in [-0.4, -0.2) is 48.8 Å². The van der Waals surface area contributed by atoms with Gasteiger partial charge >= 0.3 is 0 Å². The Morgan fingerprint density at radius 2 is 2.19 bits per heavy atom. The van der Waals surface area contributed by atoms with Crippen molar-refractivity contribution in [3.05, 3.63) is 60.1 Å². The number of hydrogen-bond acceptors (Lipinski definition) is 5. The molecule has 7 nitrogen and oxygen atoms in total. The van der Waals surface area contributed by atoms with Gasteiger partial charge < -0.3 is 9.88 Å². The van der Waals surface area contributed by atoms with E-state index in [1.807, 2.05) is 24.0 Å². The molecule has 0 aliphatic carbocycles. The van der Waals surface area contributed by atoms with Gasteiger partial charge in [0.1, 0.15) is 5.69 Å². The van der Waals surface area contributed by atoms with Gasteiger partial charge in [0.05, 0.1) is 17.5 Å². The Balaban J connectivity index is 1.43. The number of carbonyl (C=O) groups excluding carboxylic acids is 1. The number of aryl methyl sites for hydroxylation is 1. The first kappa shape index (κ1) is 17.3. The zero-order valence-electron chi connectivity index (χ0n) is 15.3. The molecule has 3 aromatic heterocycles. The summed E-state index contributed by atoms with van der Waals surface area (Å²) in [7, 11) is 0. The van der Waals surface area contributed by atoms with Crippen LogP contribution >= 0.6 is 0 Å². The van der Waals surface area contributed by atoms with Crippen molar-refractivity contribution < 1.29 is 4.79 Å². The van der Waals surface area contributed by atoms with Crippen molar-refractivity contribution in [3.8, 4) is 11.5 Å². The lowest BCUT2D eigenvalue weighted by Gasteiger charge is -2.32. The Morgan fingerprint density at radius 3 is 2.96 bits per heavy atom. The van der Waals surface area contributed by atoms with E-state index in [1.54, 1.807) is 31.0 Å². The van der Waals surface area contributed by atoms with Crippen LogP contribution in [0.2, 0.25) is 0 Å². The van der Waals surface area contributed by atoms with Crippen LogP contribution in [0.25, 0.3) is 11.5 Å². The van der Waals surface area contributed by atoms with E-state index >= 15 is 0 Å². The molecule has 1 N–H and O–H groups in total. The summed E-state index contributed by atoms with van der Waals surface area (Å²) in [6, 6.07) is 3.73. The monoisotopic (exact) mass is 362 g/mol. The van der Waals surface area contributed by atoms with Crippen molar-refractivity contribution >= 4 is 5.91 Å². The molecule has 1 aliphatic rings. The number of nitrogens with one attached hydrogen (secondary N) is 1. The van der Waals surface area contributed by atoms with Crippen LogP contribution in [-0.2, 0) is 6.42 Å².